The number of thioether (sulfide) groups is 1. The predicted octanol–water partition coefficient (Wildman–Crippen LogP) is 3.79. The maximum Gasteiger partial charge on any atom is 0.337 e. The number of aromatic nitrogens is 1. The fourth-order valence-electron chi connectivity index (χ4n) is 3.69. The number of ether oxygens (including phenoxy) is 2. The van der Waals surface area contributed by atoms with Gasteiger partial charge in [0.15, 0.2) is 0 Å². The average molecular weight is 457 g/mol. The van der Waals surface area contributed by atoms with Crippen LogP contribution in [0.1, 0.15) is 39.8 Å². The first kappa shape index (κ1) is 23.3. The Morgan fingerprint density at radius 2 is 1.75 bits per heavy atom. The third-order valence-electron chi connectivity index (χ3n) is 5.37. The first-order valence-corrected chi connectivity index (χ1v) is 10.7. The molecule has 0 bridgehead atoms. The van der Waals surface area contributed by atoms with Gasteiger partial charge in [-0.05, 0) is 80.9 Å². The molecule has 0 aliphatic carbocycles. The van der Waals surface area contributed by atoms with Gasteiger partial charge in [0.05, 0.1) is 24.7 Å². The van der Waals surface area contributed by atoms with Crippen molar-refractivity contribution in [3.8, 4) is 5.69 Å². The number of hydrogen-bond acceptors (Lipinski definition) is 7. The summed E-state index contributed by atoms with van der Waals surface area (Å²) in [5, 5.41) is -0.512. The summed E-state index contributed by atoms with van der Waals surface area (Å²) >= 11 is 0.793. The van der Waals surface area contributed by atoms with Crippen LogP contribution in [0.15, 0.2) is 29.2 Å². The number of carbonyl (C=O) groups excluding carboxylic acids is 4. The molecule has 168 valence electrons. The fraction of sp³-hybridized carbons (Fsp3) is 0.304. The Morgan fingerprint density at radius 1 is 1.06 bits per heavy atom. The van der Waals surface area contributed by atoms with Gasteiger partial charge in [0.1, 0.15) is 6.04 Å². The molecule has 1 aliphatic heterocycles. The Bertz CT molecular complexity index is 1160. The highest BCUT2D eigenvalue weighted by molar-refractivity contribution is 8.18. The van der Waals surface area contributed by atoms with Crippen LogP contribution in [-0.4, -0.2) is 52.8 Å². The molecule has 1 aromatic heterocycles. The van der Waals surface area contributed by atoms with Gasteiger partial charge in [0.2, 0.25) is 0 Å². The Hall–Kier alpha value is -3.33. The number of benzene rings is 1. The lowest BCUT2D eigenvalue weighted by Gasteiger charge is -2.18. The van der Waals surface area contributed by atoms with Crippen molar-refractivity contribution in [3.63, 3.8) is 0 Å². The van der Waals surface area contributed by atoms with E-state index in [-0.39, 0.29) is 4.91 Å². The number of rotatable bonds is 5. The minimum atomic E-state index is -0.998. The van der Waals surface area contributed by atoms with Crippen molar-refractivity contribution in [2.24, 2.45) is 0 Å². The summed E-state index contributed by atoms with van der Waals surface area (Å²) in [7, 11) is 2.55. The van der Waals surface area contributed by atoms with Crippen LogP contribution in [0.5, 0.6) is 0 Å². The number of amides is 2. The Balaban J connectivity index is 1.98. The molecule has 3 rings (SSSR count). The van der Waals surface area contributed by atoms with E-state index in [2.05, 4.69) is 4.74 Å². The highest BCUT2D eigenvalue weighted by Gasteiger charge is 2.41. The number of imide groups is 1. The smallest absolute Gasteiger partial charge is 0.337 e. The van der Waals surface area contributed by atoms with Gasteiger partial charge < -0.3 is 14.0 Å². The van der Waals surface area contributed by atoms with E-state index in [4.69, 9.17) is 4.74 Å². The second kappa shape index (κ2) is 9.04. The molecule has 9 heteroatoms. The molecule has 1 aliphatic rings. The molecule has 0 N–H and O–H groups in total. The van der Waals surface area contributed by atoms with Crippen LogP contribution in [0.25, 0.3) is 11.8 Å². The molecular weight excluding hydrogens is 432 g/mol. The van der Waals surface area contributed by atoms with Gasteiger partial charge in [0.25, 0.3) is 11.1 Å². The summed E-state index contributed by atoms with van der Waals surface area (Å²) in [6, 6.07) is 6.23. The van der Waals surface area contributed by atoms with Gasteiger partial charge in [0, 0.05) is 17.1 Å². The van der Waals surface area contributed by atoms with Crippen LogP contribution in [0.3, 0.4) is 0 Å². The van der Waals surface area contributed by atoms with E-state index in [9.17, 15) is 19.2 Å². The van der Waals surface area contributed by atoms with Crippen molar-refractivity contribution < 1.29 is 28.7 Å². The molecule has 32 heavy (non-hydrogen) atoms. The second-order valence-corrected chi connectivity index (χ2v) is 8.40. The summed E-state index contributed by atoms with van der Waals surface area (Å²) in [5.41, 5.74) is 4.79. The van der Waals surface area contributed by atoms with Crippen LogP contribution in [0, 0.1) is 20.8 Å². The van der Waals surface area contributed by atoms with Gasteiger partial charge in [-0.15, -0.1) is 0 Å². The lowest BCUT2D eigenvalue weighted by atomic mass is 10.1. The van der Waals surface area contributed by atoms with E-state index in [1.54, 1.807) is 18.2 Å². The standard InChI is InChI=1S/C23H24N2O6S/c1-12-9-16(22(28)31-6)7-8-18(12)24-13(2)10-17(14(24)3)11-19-20(26)25(23(29)32-19)15(4)21(27)30-5/h7-11,15H,1-6H3/b19-11+/t15-/m1/s1. The van der Waals surface area contributed by atoms with Crippen LogP contribution in [0.4, 0.5) is 4.79 Å². The monoisotopic (exact) mass is 456 g/mol. The molecule has 2 heterocycles. The fourth-order valence-corrected chi connectivity index (χ4v) is 4.59. The Kier molecular flexibility index (Phi) is 6.59. The van der Waals surface area contributed by atoms with Gasteiger partial charge in [-0.1, -0.05) is 0 Å². The number of carbonyl (C=O) groups is 4. The average Bonchev–Trinajstić information content (AvgIpc) is 3.20. The SMILES string of the molecule is COC(=O)c1ccc(-n2c(C)cc(/C=C3/SC(=O)N([C@H](C)C(=O)OC)C3=O)c2C)c(C)c1. The molecule has 0 spiro atoms. The maximum atomic E-state index is 12.8. The molecule has 8 nitrogen and oxygen atoms in total. The van der Waals surface area contributed by atoms with Crippen LogP contribution in [0.2, 0.25) is 0 Å². The first-order valence-electron chi connectivity index (χ1n) is 9.83. The number of hydrogen-bond donors (Lipinski definition) is 0. The summed E-state index contributed by atoms with van der Waals surface area (Å²) < 4.78 is 11.5. The molecule has 1 aromatic carbocycles. The highest BCUT2D eigenvalue weighted by atomic mass is 32.2. The first-order chi connectivity index (χ1) is 15.1. The zero-order chi connectivity index (χ0) is 23.7. The maximum absolute atomic E-state index is 12.8. The minimum absolute atomic E-state index is 0.240. The summed E-state index contributed by atoms with van der Waals surface area (Å²) in [4.78, 5) is 49.9. The van der Waals surface area contributed by atoms with Crippen molar-refractivity contribution in [3.05, 3.63) is 57.2 Å². The Morgan fingerprint density at radius 3 is 2.34 bits per heavy atom. The van der Waals surface area contributed by atoms with E-state index >= 15 is 0 Å². The zero-order valence-electron chi connectivity index (χ0n) is 18.7. The molecule has 0 saturated carbocycles. The summed E-state index contributed by atoms with van der Waals surface area (Å²) in [6.45, 7) is 7.20. The lowest BCUT2D eigenvalue weighted by Crippen LogP contribution is -2.42. The number of aryl methyl sites for hydroxylation is 2. The molecule has 2 amide bonds. The largest absolute Gasteiger partial charge is 0.467 e. The van der Waals surface area contributed by atoms with Gasteiger partial charge >= 0.3 is 11.9 Å². The lowest BCUT2D eigenvalue weighted by molar-refractivity contribution is -0.148. The normalized spacial score (nSPS) is 15.9. The molecule has 1 saturated heterocycles. The van der Waals surface area contributed by atoms with Crippen molar-refractivity contribution in [1.29, 1.82) is 0 Å². The number of methoxy groups -OCH3 is 2. The van der Waals surface area contributed by atoms with E-state index in [0.717, 1.165) is 44.9 Å². The van der Waals surface area contributed by atoms with E-state index in [0.29, 0.717) is 5.56 Å². The number of esters is 2. The molecule has 2 aromatic rings. The van der Waals surface area contributed by atoms with Crippen molar-refractivity contribution >= 4 is 40.9 Å². The van der Waals surface area contributed by atoms with Crippen molar-refractivity contribution in [2.45, 2.75) is 33.7 Å². The van der Waals surface area contributed by atoms with E-state index in [1.165, 1.54) is 21.1 Å². The zero-order valence-corrected chi connectivity index (χ0v) is 19.5. The molecular formula is C23H24N2O6S. The van der Waals surface area contributed by atoms with Crippen LogP contribution < -0.4 is 0 Å². The molecule has 0 unspecified atom stereocenters. The molecule has 1 fully saturated rings. The highest BCUT2D eigenvalue weighted by Crippen LogP contribution is 2.35. The molecule has 0 radical (unpaired) electrons. The predicted molar refractivity (Wildman–Crippen MR) is 121 cm³/mol. The summed E-state index contributed by atoms with van der Waals surface area (Å²) in [6.07, 6.45) is 1.66. The van der Waals surface area contributed by atoms with Gasteiger partial charge in [-0.2, -0.15) is 0 Å². The second-order valence-electron chi connectivity index (χ2n) is 7.41. The quantitative estimate of drug-likeness (QED) is 0.499. The topological polar surface area (TPSA) is 94.9 Å². The summed E-state index contributed by atoms with van der Waals surface area (Å²) in [5.74, 6) is -1.59. The number of nitrogens with zero attached hydrogens (tertiary/aromatic N) is 2. The third kappa shape index (κ3) is 4.08. The Labute approximate surface area is 190 Å². The van der Waals surface area contributed by atoms with Crippen molar-refractivity contribution in [2.75, 3.05) is 14.2 Å². The van der Waals surface area contributed by atoms with Crippen LogP contribution >= 0.6 is 11.8 Å². The third-order valence-corrected chi connectivity index (χ3v) is 6.25. The van der Waals surface area contributed by atoms with E-state index in [1.807, 2.05) is 37.5 Å². The van der Waals surface area contributed by atoms with E-state index < -0.39 is 29.1 Å². The van der Waals surface area contributed by atoms with Crippen LogP contribution in [-0.2, 0) is 19.1 Å². The molecule has 1 atom stereocenters. The van der Waals surface area contributed by atoms with Gasteiger partial charge in [-0.25, -0.2) is 9.59 Å². The minimum Gasteiger partial charge on any atom is -0.467 e. The van der Waals surface area contributed by atoms with Crippen molar-refractivity contribution in [1.82, 2.24) is 9.47 Å². The van der Waals surface area contributed by atoms with Gasteiger partial charge in [-0.3, -0.25) is 14.5 Å².